The van der Waals surface area contributed by atoms with Gasteiger partial charge in [-0.25, -0.2) is 4.39 Å². The summed E-state index contributed by atoms with van der Waals surface area (Å²) >= 11 is 1.96. The van der Waals surface area contributed by atoms with E-state index in [4.69, 9.17) is 5.73 Å². The summed E-state index contributed by atoms with van der Waals surface area (Å²) in [5, 5.41) is 0.478. The fourth-order valence-corrected chi connectivity index (χ4v) is 4.38. The third kappa shape index (κ3) is 2.24. The van der Waals surface area contributed by atoms with Gasteiger partial charge in [0.1, 0.15) is 5.82 Å². The summed E-state index contributed by atoms with van der Waals surface area (Å²) in [6.07, 6.45) is 1.07. The molecular formula is C14H21FN2S. The van der Waals surface area contributed by atoms with Gasteiger partial charge >= 0.3 is 0 Å². The Morgan fingerprint density at radius 1 is 1.56 bits per heavy atom. The van der Waals surface area contributed by atoms with Crippen molar-refractivity contribution in [2.75, 3.05) is 23.7 Å². The molecule has 0 aliphatic carbocycles. The van der Waals surface area contributed by atoms with Crippen LogP contribution in [0.15, 0.2) is 24.3 Å². The SMILES string of the molecule is CCN(c1cccc(F)c1)C1(CN)CCSC1C. The second kappa shape index (κ2) is 5.49. The van der Waals surface area contributed by atoms with Crippen LogP contribution < -0.4 is 10.6 Å². The number of likely N-dealkylation sites (N-methyl/N-ethyl adjacent to an activating group) is 1. The Kier molecular flexibility index (Phi) is 4.17. The van der Waals surface area contributed by atoms with Crippen LogP contribution in [-0.4, -0.2) is 29.6 Å². The number of anilines is 1. The predicted octanol–water partition coefficient (Wildman–Crippen LogP) is 2.87. The average molecular weight is 268 g/mol. The van der Waals surface area contributed by atoms with Crippen LogP contribution in [0.4, 0.5) is 10.1 Å². The molecule has 0 amide bonds. The molecular weight excluding hydrogens is 247 g/mol. The molecule has 1 aromatic rings. The van der Waals surface area contributed by atoms with E-state index in [9.17, 15) is 4.39 Å². The molecule has 0 radical (unpaired) electrons. The van der Waals surface area contributed by atoms with Crippen LogP contribution in [0.25, 0.3) is 0 Å². The van der Waals surface area contributed by atoms with Crippen LogP contribution in [0.1, 0.15) is 20.3 Å². The topological polar surface area (TPSA) is 29.3 Å². The van der Waals surface area contributed by atoms with Gasteiger partial charge in [-0.1, -0.05) is 13.0 Å². The number of nitrogens with two attached hydrogens (primary N) is 1. The molecule has 0 saturated carbocycles. The molecule has 18 heavy (non-hydrogen) atoms. The normalized spacial score (nSPS) is 27.4. The van der Waals surface area contributed by atoms with E-state index in [-0.39, 0.29) is 11.4 Å². The van der Waals surface area contributed by atoms with Crippen molar-refractivity contribution in [1.82, 2.24) is 0 Å². The van der Waals surface area contributed by atoms with E-state index < -0.39 is 0 Å². The summed E-state index contributed by atoms with van der Waals surface area (Å²) in [5.41, 5.74) is 6.97. The number of hydrogen-bond acceptors (Lipinski definition) is 3. The molecule has 2 unspecified atom stereocenters. The number of rotatable bonds is 4. The molecule has 1 aromatic carbocycles. The minimum Gasteiger partial charge on any atom is -0.364 e. The number of nitrogens with zero attached hydrogens (tertiary/aromatic N) is 1. The van der Waals surface area contributed by atoms with Crippen LogP contribution in [0.2, 0.25) is 0 Å². The van der Waals surface area contributed by atoms with E-state index in [2.05, 4.69) is 18.7 Å². The molecule has 2 atom stereocenters. The lowest BCUT2D eigenvalue weighted by Gasteiger charge is -2.44. The fourth-order valence-electron chi connectivity index (χ4n) is 2.90. The fraction of sp³-hybridized carbons (Fsp3) is 0.571. The van der Waals surface area contributed by atoms with Gasteiger partial charge in [-0.05, 0) is 37.3 Å². The first kappa shape index (κ1) is 13.7. The van der Waals surface area contributed by atoms with Gasteiger partial charge in [-0.3, -0.25) is 0 Å². The van der Waals surface area contributed by atoms with Crippen molar-refractivity contribution >= 4 is 17.4 Å². The van der Waals surface area contributed by atoms with Gasteiger partial charge in [-0.2, -0.15) is 11.8 Å². The van der Waals surface area contributed by atoms with Crippen molar-refractivity contribution in [3.05, 3.63) is 30.1 Å². The lowest BCUT2D eigenvalue weighted by molar-refractivity contribution is 0.399. The van der Waals surface area contributed by atoms with Crippen molar-refractivity contribution in [3.63, 3.8) is 0 Å². The van der Waals surface area contributed by atoms with Gasteiger partial charge in [0.05, 0.1) is 5.54 Å². The van der Waals surface area contributed by atoms with Crippen LogP contribution in [0.5, 0.6) is 0 Å². The van der Waals surface area contributed by atoms with Crippen LogP contribution in [0, 0.1) is 5.82 Å². The van der Waals surface area contributed by atoms with E-state index in [1.165, 1.54) is 6.07 Å². The van der Waals surface area contributed by atoms with Crippen molar-refractivity contribution in [2.24, 2.45) is 5.73 Å². The summed E-state index contributed by atoms with van der Waals surface area (Å²) in [4.78, 5) is 2.28. The zero-order valence-electron chi connectivity index (χ0n) is 11.0. The third-order valence-electron chi connectivity index (χ3n) is 3.99. The summed E-state index contributed by atoms with van der Waals surface area (Å²) in [7, 11) is 0. The van der Waals surface area contributed by atoms with Crippen molar-refractivity contribution < 1.29 is 4.39 Å². The maximum Gasteiger partial charge on any atom is 0.125 e. The van der Waals surface area contributed by atoms with E-state index >= 15 is 0 Å². The van der Waals surface area contributed by atoms with Crippen molar-refractivity contribution in [2.45, 2.75) is 31.1 Å². The van der Waals surface area contributed by atoms with E-state index in [0.717, 1.165) is 24.4 Å². The second-order valence-electron chi connectivity index (χ2n) is 4.79. The summed E-state index contributed by atoms with van der Waals surface area (Å²) in [6.45, 7) is 5.81. The minimum absolute atomic E-state index is 0.0345. The van der Waals surface area contributed by atoms with E-state index in [1.54, 1.807) is 12.1 Å². The molecule has 1 aliphatic heterocycles. The Balaban J connectivity index is 2.38. The molecule has 0 spiro atoms. The van der Waals surface area contributed by atoms with Crippen LogP contribution in [-0.2, 0) is 0 Å². The molecule has 1 fully saturated rings. The molecule has 2 N–H and O–H groups in total. The molecule has 1 saturated heterocycles. The standard InChI is InChI=1S/C14H21FN2S/c1-3-17(13-6-4-5-12(15)9-13)14(10-16)7-8-18-11(14)2/h4-6,9,11H,3,7-8,10,16H2,1-2H3. The predicted molar refractivity (Wildman–Crippen MR) is 77.7 cm³/mol. The molecule has 0 aromatic heterocycles. The first-order chi connectivity index (χ1) is 8.64. The highest BCUT2D eigenvalue weighted by atomic mass is 32.2. The monoisotopic (exact) mass is 268 g/mol. The third-order valence-corrected chi connectivity index (χ3v) is 5.37. The lowest BCUT2D eigenvalue weighted by atomic mass is 9.89. The molecule has 4 heteroatoms. The molecule has 2 nitrogen and oxygen atoms in total. The molecule has 100 valence electrons. The lowest BCUT2D eigenvalue weighted by Crippen LogP contribution is -2.57. The van der Waals surface area contributed by atoms with Crippen molar-refractivity contribution in [3.8, 4) is 0 Å². The molecule has 1 heterocycles. The number of hydrogen-bond donors (Lipinski definition) is 1. The number of halogens is 1. The largest absolute Gasteiger partial charge is 0.364 e. The number of benzene rings is 1. The Morgan fingerprint density at radius 3 is 2.83 bits per heavy atom. The van der Waals surface area contributed by atoms with Gasteiger partial charge in [0, 0.05) is 24.0 Å². The van der Waals surface area contributed by atoms with Gasteiger partial charge in [0.2, 0.25) is 0 Å². The Bertz CT molecular complexity index is 413. The van der Waals surface area contributed by atoms with Gasteiger partial charge in [0.25, 0.3) is 0 Å². The quantitative estimate of drug-likeness (QED) is 0.910. The average Bonchev–Trinajstić information content (AvgIpc) is 2.73. The van der Waals surface area contributed by atoms with E-state index in [0.29, 0.717) is 11.8 Å². The summed E-state index contributed by atoms with van der Waals surface area (Å²) in [5.74, 6) is 0.945. The first-order valence-electron chi connectivity index (χ1n) is 6.49. The van der Waals surface area contributed by atoms with Gasteiger partial charge in [-0.15, -0.1) is 0 Å². The van der Waals surface area contributed by atoms with Crippen LogP contribution in [0.3, 0.4) is 0 Å². The highest BCUT2D eigenvalue weighted by Gasteiger charge is 2.44. The van der Waals surface area contributed by atoms with Crippen LogP contribution >= 0.6 is 11.8 Å². The number of thioether (sulfide) groups is 1. The Labute approximate surface area is 113 Å². The maximum absolute atomic E-state index is 13.4. The highest BCUT2D eigenvalue weighted by Crippen LogP contribution is 2.41. The second-order valence-corrected chi connectivity index (χ2v) is 6.24. The van der Waals surface area contributed by atoms with Gasteiger partial charge < -0.3 is 10.6 Å². The summed E-state index contributed by atoms with van der Waals surface area (Å²) in [6, 6.07) is 6.83. The Morgan fingerprint density at radius 2 is 2.33 bits per heavy atom. The zero-order chi connectivity index (χ0) is 13.2. The minimum atomic E-state index is -0.184. The highest BCUT2D eigenvalue weighted by molar-refractivity contribution is 8.00. The summed E-state index contributed by atoms with van der Waals surface area (Å²) < 4.78 is 13.4. The molecule has 1 aliphatic rings. The first-order valence-corrected chi connectivity index (χ1v) is 7.54. The van der Waals surface area contributed by atoms with Gasteiger partial charge in [0.15, 0.2) is 0 Å². The van der Waals surface area contributed by atoms with Crippen molar-refractivity contribution in [1.29, 1.82) is 0 Å². The molecule has 0 bridgehead atoms. The maximum atomic E-state index is 13.4. The molecule has 2 rings (SSSR count). The smallest absolute Gasteiger partial charge is 0.125 e. The van der Waals surface area contributed by atoms with E-state index in [1.807, 2.05) is 17.8 Å². The zero-order valence-corrected chi connectivity index (χ0v) is 11.8. The Hall–Kier alpha value is -0.740.